The molecule has 2 bridgehead atoms. The number of alkyl halides is 3. The summed E-state index contributed by atoms with van der Waals surface area (Å²) < 4.78 is 42.2. The number of carbonyl (C=O) groups excluding carboxylic acids is 2. The highest BCUT2D eigenvalue weighted by molar-refractivity contribution is 5.94. The number of nitrogens with zero attached hydrogens (tertiary/aromatic N) is 4. The van der Waals surface area contributed by atoms with Crippen molar-refractivity contribution in [1.82, 2.24) is 25.1 Å². The zero-order valence-corrected chi connectivity index (χ0v) is 25.2. The maximum absolute atomic E-state index is 14.1. The second kappa shape index (κ2) is 12.7. The quantitative estimate of drug-likeness (QED) is 0.385. The van der Waals surface area contributed by atoms with Crippen LogP contribution in [0.15, 0.2) is 30.5 Å². The van der Waals surface area contributed by atoms with E-state index in [0.717, 1.165) is 57.8 Å². The maximum Gasteiger partial charge on any atom is 0.421 e. The minimum absolute atomic E-state index is 0.0119. The third kappa shape index (κ3) is 7.05. The zero-order valence-electron chi connectivity index (χ0n) is 25.2. The van der Waals surface area contributed by atoms with Gasteiger partial charge in [-0.25, -0.2) is 4.98 Å². The fourth-order valence-corrected chi connectivity index (χ4v) is 6.91. The third-order valence-electron chi connectivity index (χ3n) is 9.29. The Balaban J connectivity index is 1.33. The van der Waals surface area contributed by atoms with Crippen molar-refractivity contribution >= 4 is 29.3 Å². The predicted octanol–water partition coefficient (Wildman–Crippen LogP) is 5.15. The van der Waals surface area contributed by atoms with Crippen molar-refractivity contribution in [1.29, 1.82) is 0 Å². The highest BCUT2D eigenvalue weighted by Gasteiger charge is 2.48. The number of carbonyl (C=O) groups is 2. The Morgan fingerprint density at radius 2 is 1.63 bits per heavy atom. The van der Waals surface area contributed by atoms with E-state index >= 15 is 0 Å². The summed E-state index contributed by atoms with van der Waals surface area (Å²) in [6.45, 7) is 5.65. The van der Waals surface area contributed by atoms with Crippen molar-refractivity contribution in [2.75, 3.05) is 37.8 Å². The van der Waals surface area contributed by atoms with Gasteiger partial charge in [0.25, 0.3) is 5.91 Å². The standard InChI is InChI=1S/C31H42F3N7O2/c1-18(2)36-28(42)25-19-5-7-20(8-6-19)26(25)38-27-24(31(32,33)34)17-35-30(39-27)37-22-11-9-21(10-12-22)29(43)41(4)23-13-15-40(3)16-14-23/h9-12,17-20,23,25-26H,5-8,13-16H2,1-4H3,(H,36,42)(H2,35,37,38,39)/t19?,20?,25?,26-/m1/s1. The zero-order chi connectivity index (χ0) is 30.9. The number of halogens is 3. The number of piperidine rings is 1. The Labute approximate surface area is 251 Å². The Morgan fingerprint density at radius 3 is 2.23 bits per heavy atom. The van der Waals surface area contributed by atoms with Crippen molar-refractivity contribution < 1.29 is 22.8 Å². The van der Waals surface area contributed by atoms with Gasteiger partial charge in [0, 0.05) is 42.6 Å². The Hall–Kier alpha value is -3.41. The number of aromatic nitrogens is 2. The van der Waals surface area contributed by atoms with E-state index < -0.39 is 23.7 Å². The van der Waals surface area contributed by atoms with E-state index in [9.17, 15) is 22.8 Å². The fraction of sp³-hybridized carbons (Fsp3) is 0.613. The molecule has 6 rings (SSSR count). The van der Waals surface area contributed by atoms with Gasteiger partial charge >= 0.3 is 6.18 Å². The topological polar surface area (TPSA) is 102 Å². The minimum Gasteiger partial charge on any atom is -0.366 e. The Kier molecular flexibility index (Phi) is 9.15. The molecule has 2 atom stereocenters. The number of amides is 2. The molecule has 1 unspecified atom stereocenters. The van der Waals surface area contributed by atoms with Crippen LogP contribution in [0.3, 0.4) is 0 Å². The molecule has 4 aliphatic rings. The fourth-order valence-electron chi connectivity index (χ4n) is 6.91. The van der Waals surface area contributed by atoms with Gasteiger partial charge in [-0.05, 0) is 109 Å². The lowest BCUT2D eigenvalue weighted by Gasteiger charge is -2.48. The molecule has 1 aromatic heterocycles. The van der Waals surface area contributed by atoms with E-state index in [1.54, 1.807) is 29.2 Å². The molecule has 0 radical (unpaired) electrons. The van der Waals surface area contributed by atoms with Crippen LogP contribution in [0.2, 0.25) is 0 Å². The first-order valence-corrected chi connectivity index (χ1v) is 15.2. The normalized spacial score (nSPS) is 24.6. The van der Waals surface area contributed by atoms with Crippen LogP contribution in [-0.2, 0) is 11.0 Å². The molecule has 2 heterocycles. The van der Waals surface area contributed by atoms with Crippen LogP contribution in [0.25, 0.3) is 0 Å². The molecule has 1 aliphatic heterocycles. The molecular weight excluding hydrogens is 559 g/mol. The summed E-state index contributed by atoms with van der Waals surface area (Å²) in [6.07, 6.45) is 1.47. The molecule has 2 aromatic rings. The first-order chi connectivity index (χ1) is 20.4. The van der Waals surface area contributed by atoms with Crippen LogP contribution in [-0.4, -0.2) is 76.9 Å². The lowest BCUT2D eigenvalue weighted by atomic mass is 9.61. The van der Waals surface area contributed by atoms with Gasteiger partial charge in [-0.15, -0.1) is 0 Å². The highest BCUT2D eigenvalue weighted by atomic mass is 19.4. The van der Waals surface area contributed by atoms with E-state index in [1.165, 1.54) is 0 Å². The summed E-state index contributed by atoms with van der Waals surface area (Å²) in [5.74, 6) is -0.776. The molecule has 2 amide bonds. The van der Waals surface area contributed by atoms with Gasteiger partial charge < -0.3 is 25.8 Å². The molecule has 3 N–H and O–H groups in total. The molecule has 12 heteroatoms. The summed E-state index contributed by atoms with van der Waals surface area (Å²) in [4.78, 5) is 38.5. The van der Waals surface area contributed by atoms with Crippen molar-refractivity contribution in [3.8, 4) is 0 Å². The molecule has 3 aliphatic carbocycles. The second-order valence-electron chi connectivity index (χ2n) is 12.6. The van der Waals surface area contributed by atoms with Gasteiger partial charge in [0.2, 0.25) is 11.9 Å². The molecule has 234 valence electrons. The highest BCUT2D eigenvalue weighted by Crippen LogP contribution is 2.47. The molecule has 43 heavy (non-hydrogen) atoms. The Morgan fingerprint density at radius 1 is 1.00 bits per heavy atom. The van der Waals surface area contributed by atoms with Gasteiger partial charge in [-0.2, -0.15) is 18.2 Å². The molecule has 3 saturated carbocycles. The monoisotopic (exact) mass is 601 g/mol. The number of anilines is 3. The van der Waals surface area contributed by atoms with Crippen molar-refractivity contribution in [3.63, 3.8) is 0 Å². The second-order valence-corrected chi connectivity index (χ2v) is 12.6. The number of nitrogens with one attached hydrogen (secondary N) is 3. The first kappa shape index (κ1) is 31.0. The van der Waals surface area contributed by atoms with Crippen LogP contribution >= 0.6 is 0 Å². The molecule has 1 saturated heterocycles. The summed E-state index contributed by atoms with van der Waals surface area (Å²) in [6, 6.07) is 6.43. The molecule has 4 fully saturated rings. The van der Waals surface area contributed by atoms with Crippen LogP contribution in [0.1, 0.15) is 68.3 Å². The van der Waals surface area contributed by atoms with Crippen LogP contribution in [0.5, 0.6) is 0 Å². The van der Waals surface area contributed by atoms with E-state index in [2.05, 4.69) is 37.9 Å². The molecule has 1 aromatic carbocycles. The number of rotatable bonds is 8. The summed E-state index contributed by atoms with van der Waals surface area (Å²) in [5.41, 5.74) is 0.0938. The predicted molar refractivity (Wildman–Crippen MR) is 159 cm³/mol. The van der Waals surface area contributed by atoms with Gasteiger partial charge in [0.05, 0.1) is 5.92 Å². The average Bonchev–Trinajstić information content (AvgIpc) is 2.97. The largest absolute Gasteiger partial charge is 0.421 e. The molecule has 0 spiro atoms. The van der Waals surface area contributed by atoms with Crippen molar-refractivity contribution in [2.24, 2.45) is 17.8 Å². The smallest absolute Gasteiger partial charge is 0.366 e. The van der Waals surface area contributed by atoms with Crippen molar-refractivity contribution in [2.45, 2.75) is 76.7 Å². The lowest BCUT2D eigenvalue weighted by molar-refractivity contribution is -0.137. The number of hydrogen-bond donors (Lipinski definition) is 3. The number of hydrogen-bond acceptors (Lipinski definition) is 7. The third-order valence-corrected chi connectivity index (χ3v) is 9.29. The van der Waals surface area contributed by atoms with E-state index in [-0.39, 0.29) is 47.5 Å². The summed E-state index contributed by atoms with van der Waals surface area (Å²) in [5, 5.41) is 9.01. The average molecular weight is 602 g/mol. The van der Waals surface area contributed by atoms with Gasteiger partial charge in [0.1, 0.15) is 11.4 Å². The minimum atomic E-state index is -4.67. The SMILES string of the molecule is CC(C)NC(=O)C1C2CCC(CC2)[C@H]1Nc1nc(Nc2ccc(C(=O)N(C)C3CCN(C)CC3)cc2)ncc1C(F)(F)F. The van der Waals surface area contributed by atoms with Gasteiger partial charge in [-0.3, -0.25) is 9.59 Å². The van der Waals surface area contributed by atoms with E-state index in [1.807, 2.05) is 20.9 Å². The van der Waals surface area contributed by atoms with Gasteiger partial charge in [0.15, 0.2) is 0 Å². The first-order valence-electron chi connectivity index (χ1n) is 15.2. The Bertz CT molecular complexity index is 1290. The summed E-state index contributed by atoms with van der Waals surface area (Å²) >= 11 is 0. The number of likely N-dealkylation sites (tertiary alicyclic amines) is 1. The number of fused-ring (bicyclic) bond motifs is 3. The van der Waals surface area contributed by atoms with E-state index in [0.29, 0.717) is 11.3 Å². The maximum atomic E-state index is 14.1. The summed E-state index contributed by atoms with van der Waals surface area (Å²) in [7, 11) is 3.90. The van der Waals surface area contributed by atoms with Crippen LogP contribution < -0.4 is 16.0 Å². The van der Waals surface area contributed by atoms with Crippen LogP contribution in [0, 0.1) is 17.8 Å². The van der Waals surface area contributed by atoms with E-state index in [4.69, 9.17) is 0 Å². The molecular formula is C31H42F3N7O2. The molecule has 9 nitrogen and oxygen atoms in total. The lowest BCUT2D eigenvalue weighted by Crippen LogP contribution is -2.55. The van der Waals surface area contributed by atoms with Crippen molar-refractivity contribution in [3.05, 3.63) is 41.6 Å². The van der Waals surface area contributed by atoms with Crippen LogP contribution in [0.4, 0.5) is 30.6 Å². The number of benzene rings is 1. The van der Waals surface area contributed by atoms with Gasteiger partial charge in [-0.1, -0.05) is 0 Å².